The maximum Gasteiger partial charge on any atom is 0.208 e. The summed E-state index contributed by atoms with van der Waals surface area (Å²) in [4.78, 5) is 5.22. The second kappa shape index (κ2) is 6.40. The zero-order valence-electron chi connectivity index (χ0n) is 14.8. The molecule has 2 heterocycles. The van der Waals surface area contributed by atoms with Crippen molar-refractivity contribution in [3.63, 3.8) is 0 Å². The highest BCUT2D eigenvalue weighted by atomic mass is 32.2. The molecule has 3 rings (SSSR count). The fraction of sp³-hybridized carbons (Fsp3) is 0.368. The van der Waals surface area contributed by atoms with Gasteiger partial charge in [-0.05, 0) is 32.0 Å². The zero-order valence-corrected chi connectivity index (χ0v) is 15.6. The van der Waals surface area contributed by atoms with E-state index in [-0.39, 0.29) is 41.0 Å². The van der Waals surface area contributed by atoms with Gasteiger partial charge in [0, 0.05) is 24.6 Å². The van der Waals surface area contributed by atoms with Gasteiger partial charge in [0.15, 0.2) is 10.6 Å². The third-order valence-corrected chi connectivity index (χ3v) is 6.79. The van der Waals surface area contributed by atoms with Gasteiger partial charge in [-0.3, -0.25) is 0 Å². The second-order valence-electron chi connectivity index (χ2n) is 6.94. The monoisotopic (exact) mass is 388 g/mol. The molecule has 0 radical (unpaired) electrons. The van der Waals surface area contributed by atoms with Gasteiger partial charge in [-0.2, -0.15) is 0 Å². The van der Waals surface area contributed by atoms with Crippen LogP contribution in [-0.2, 0) is 19.4 Å². The maximum absolute atomic E-state index is 13.8. The van der Waals surface area contributed by atoms with E-state index in [2.05, 4.69) is 22.2 Å². The lowest BCUT2D eigenvalue weighted by molar-refractivity contribution is 0.0123. The molecule has 0 atom stereocenters. The summed E-state index contributed by atoms with van der Waals surface area (Å²) in [7, 11) is -4.19. The fourth-order valence-electron chi connectivity index (χ4n) is 3.09. The number of sulfone groups is 1. The maximum atomic E-state index is 13.8. The minimum absolute atomic E-state index is 0.0275. The van der Waals surface area contributed by atoms with Crippen molar-refractivity contribution in [2.45, 2.75) is 43.5 Å². The van der Waals surface area contributed by atoms with E-state index in [0.29, 0.717) is 0 Å². The highest BCUT2D eigenvalue weighted by Crippen LogP contribution is 2.43. The van der Waals surface area contributed by atoms with Gasteiger partial charge in [0.25, 0.3) is 0 Å². The van der Waals surface area contributed by atoms with Crippen LogP contribution in [-0.4, -0.2) is 24.2 Å². The Hall–Kier alpha value is -2.84. The SMILES string of the molecule is C#CCC(CC#C)(c1noc2ccc(F)cc12)S(=O)(=O)C1=NOC(C)(C)C1. The Labute approximate surface area is 156 Å². The third-order valence-electron chi connectivity index (χ3n) is 4.43. The zero-order chi connectivity index (χ0) is 19.9. The largest absolute Gasteiger partial charge is 0.389 e. The lowest BCUT2D eigenvalue weighted by atomic mass is 9.94. The van der Waals surface area contributed by atoms with Crippen molar-refractivity contribution in [1.29, 1.82) is 0 Å². The van der Waals surface area contributed by atoms with Crippen molar-refractivity contribution in [2.75, 3.05) is 0 Å². The molecule has 2 aromatic rings. The van der Waals surface area contributed by atoms with Crippen molar-refractivity contribution in [3.05, 3.63) is 29.7 Å². The molecule has 0 amide bonds. The molecule has 0 N–H and O–H groups in total. The molecule has 27 heavy (non-hydrogen) atoms. The smallest absolute Gasteiger partial charge is 0.208 e. The molecule has 1 aromatic carbocycles. The highest BCUT2D eigenvalue weighted by Gasteiger charge is 2.53. The summed E-state index contributed by atoms with van der Waals surface area (Å²) in [6, 6.07) is 3.70. The van der Waals surface area contributed by atoms with Crippen LogP contribution < -0.4 is 0 Å². The van der Waals surface area contributed by atoms with Crippen LogP contribution in [0.3, 0.4) is 0 Å². The molecule has 1 aliphatic rings. The first-order valence-electron chi connectivity index (χ1n) is 8.09. The third kappa shape index (κ3) is 2.96. The van der Waals surface area contributed by atoms with E-state index in [0.717, 1.165) is 6.07 Å². The number of halogens is 1. The molecule has 0 aliphatic carbocycles. The number of benzene rings is 1. The van der Waals surface area contributed by atoms with E-state index in [1.54, 1.807) is 13.8 Å². The lowest BCUT2D eigenvalue weighted by Crippen LogP contribution is -2.41. The number of nitrogens with zero attached hydrogens (tertiary/aromatic N) is 2. The first-order chi connectivity index (χ1) is 12.7. The van der Waals surface area contributed by atoms with E-state index in [1.807, 2.05) is 0 Å². The average Bonchev–Trinajstić information content (AvgIpc) is 3.17. The number of oxime groups is 1. The Morgan fingerprint density at radius 2 is 1.96 bits per heavy atom. The van der Waals surface area contributed by atoms with Crippen LogP contribution in [0.2, 0.25) is 0 Å². The molecule has 0 unspecified atom stereocenters. The Kier molecular flexibility index (Phi) is 4.49. The minimum atomic E-state index is -4.19. The molecule has 1 aliphatic heterocycles. The number of rotatable bonds is 4. The van der Waals surface area contributed by atoms with Crippen molar-refractivity contribution in [2.24, 2.45) is 5.16 Å². The summed E-state index contributed by atoms with van der Waals surface area (Å²) in [6.45, 7) is 3.42. The van der Waals surface area contributed by atoms with Crippen LogP contribution in [0.5, 0.6) is 0 Å². The Balaban J connectivity index is 2.29. The molecule has 140 valence electrons. The normalized spacial score (nSPS) is 16.4. The first-order valence-corrected chi connectivity index (χ1v) is 9.57. The van der Waals surface area contributed by atoms with Gasteiger partial charge in [-0.15, -0.1) is 24.7 Å². The van der Waals surface area contributed by atoms with Gasteiger partial charge in [-0.1, -0.05) is 10.3 Å². The van der Waals surface area contributed by atoms with Gasteiger partial charge in [0.2, 0.25) is 9.84 Å². The van der Waals surface area contributed by atoms with E-state index in [1.165, 1.54) is 12.1 Å². The van der Waals surface area contributed by atoms with E-state index >= 15 is 0 Å². The molecule has 0 spiro atoms. The molecule has 0 saturated heterocycles. The second-order valence-corrected chi connectivity index (χ2v) is 9.20. The van der Waals surface area contributed by atoms with Gasteiger partial charge in [-0.25, -0.2) is 12.8 Å². The Morgan fingerprint density at radius 3 is 2.52 bits per heavy atom. The number of hydrogen-bond acceptors (Lipinski definition) is 6. The molecule has 0 fully saturated rings. The van der Waals surface area contributed by atoms with E-state index in [9.17, 15) is 12.8 Å². The van der Waals surface area contributed by atoms with Gasteiger partial charge >= 0.3 is 0 Å². The molecular weight excluding hydrogens is 371 g/mol. The number of fused-ring (bicyclic) bond motifs is 1. The highest BCUT2D eigenvalue weighted by molar-refractivity contribution is 8.07. The predicted molar refractivity (Wildman–Crippen MR) is 98.7 cm³/mol. The fourth-order valence-corrected chi connectivity index (χ4v) is 5.16. The van der Waals surface area contributed by atoms with Crippen molar-refractivity contribution >= 4 is 25.9 Å². The number of hydrogen-bond donors (Lipinski definition) is 0. The number of terminal acetylenes is 2. The summed E-state index contributed by atoms with van der Waals surface area (Å²) in [5, 5.41) is 7.69. The van der Waals surface area contributed by atoms with Gasteiger partial charge in [0.1, 0.15) is 21.9 Å². The van der Waals surface area contributed by atoms with Crippen molar-refractivity contribution in [3.8, 4) is 24.7 Å². The summed E-state index contributed by atoms with van der Waals surface area (Å²) in [5.41, 5.74) is -0.580. The van der Waals surface area contributed by atoms with Crippen LogP contribution in [0.15, 0.2) is 27.9 Å². The standard InChI is InChI=1S/C19H17FN2O4S/c1-5-9-19(10-6-2,27(23,24)16-12-18(3,4)26-21-16)17-14-11-13(20)7-8-15(14)25-22-17/h1-2,7-8,11H,9-10,12H2,3-4H3. The van der Waals surface area contributed by atoms with Crippen molar-refractivity contribution < 1.29 is 22.2 Å². The summed E-state index contributed by atoms with van der Waals surface area (Å²) >= 11 is 0. The van der Waals surface area contributed by atoms with Gasteiger partial charge < -0.3 is 9.36 Å². The summed E-state index contributed by atoms with van der Waals surface area (Å²) in [6.07, 6.45) is 10.5. The molecule has 8 heteroatoms. The summed E-state index contributed by atoms with van der Waals surface area (Å²) < 4.78 is 44.4. The average molecular weight is 388 g/mol. The lowest BCUT2D eigenvalue weighted by Gasteiger charge is -2.28. The van der Waals surface area contributed by atoms with Crippen LogP contribution in [0.1, 0.15) is 38.8 Å². The van der Waals surface area contributed by atoms with Gasteiger partial charge in [0.05, 0.1) is 0 Å². The topological polar surface area (TPSA) is 81.8 Å². The van der Waals surface area contributed by atoms with Crippen molar-refractivity contribution in [1.82, 2.24) is 5.16 Å². The Bertz CT molecular complexity index is 1100. The van der Waals surface area contributed by atoms with Crippen LogP contribution in [0, 0.1) is 30.5 Å². The molecular formula is C19H17FN2O4S. The molecule has 0 saturated carbocycles. The molecule has 1 aromatic heterocycles. The van der Waals surface area contributed by atoms with E-state index in [4.69, 9.17) is 22.2 Å². The van der Waals surface area contributed by atoms with E-state index < -0.39 is 26.0 Å². The quantitative estimate of drug-likeness (QED) is 0.752. The molecule has 0 bridgehead atoms. The first kappa shape index (κ1) is 18.9. The van der Waals surface area contributed by atoms with Crippen LogP contribution in [0.25, 0.3) is 11.0 Å². The minimum Gasteiger partial charge on any atom is -0.389 e. The summed E-state index contributed by atoms with van der Waals surface area (Å²) in [5.74, 6) is 4.16. The molecule has 6 nitrogen and oxygen atoms in total. The number of aromatic nitrogens is 1. The van der Waals surface area contributed by atoms with Crippen LogP contribution in [0.4, 0.5) is 4.39 Å². The Morgan fingerprint density at radius 1 is 1.30 bits per heavy atom. The van der Waals surface area contributed by atoms with Crippen LogP contribution >= 0.6 is 0 Å². The predicted octanol–water partition coefficient (Wildman–Crippen LogP) is 3.14.